The molecule has 0 aliphatic carbocycles. The fourth-order valence-electron chi connectivity index (χ4n) is 3.86. The fourth-order valence-corrected chi connectivity index (χ4v) is 3.86. The molecule has 0 radical (unpaired) electrons. The Kier molecular flexibility index (Phi) is 10.3. The summed E-state index contributed by atoms with van der Waals surface area (Å²) in [7, 11) is 0. The van der Waals surface area contributed by atoms with E-state index in [-0.39, 0.29) is 5.41 Å². The molecular weight excluding hydrogens is 440 g/mol. The van der Waals surface area contributed by atoms with Crippen LogP contribution in [0.15, 0.2) is 96.4 Å². The van der Waals surface area contributed by atoms with Gasteiger partial charge in [-0.25, -0.2) is 4.98 Å². The van der Waals surface area contributed by atoms with E-state index in [0.717, 1.165) is 48.7 Å². The Balaban J connectivity index is 2.35. The van der Waals surface area contributed by atoms with E-state index >= 15 is 0 Å². The normalized spacial score (nSPS) is 12.9. The lowest BCUT2D eigenvalue weighted by Crippen LogP contribution is -2.35. The minimum atomic E-state index is -0.435. The minimum absolute atomic E-state index is 0.191. The molecule has 0 aliphatic rings. The molecule has 0 unspecified atom stereocenters. The van der Waals surface area contributed by atoms with Crippen LogP contribution < -0.4 is 4.90 Å². The van der Waals surface area contributed by atoms with Gasteiger partial charge in [-0.3, -0.25) is 0 Å². The van der Waals surface area contributed by atoms with E-state index in [0.29, 0.717) is 0 Å². The Morgan fingerprint density at radius 1 is 1.06 bits per heavy atom. The summed E-state index contributed by atoms with van der Waals surface area (Å²) in [6, 6.07) is 14.8. The van der Waals surface area contributed by atoms with E-state index in [1.54, 1.807) is 0 Å². The number of aryl methyl sites for hydroxylation is 1. The second-order valence-electron chi connectivity index (χ2n) is 10.9. The van der Waals surface area contributed by atoms with Crippen molar-refractivity contribution in [3.63, 3.8) is 0 Å². The third-order valence-corrected chi connectivity index (χ3v) is 6.76. The molecule has 194 valence electrons. The van der Waals surface area contributed by atoms with Crippen molar-refractivity contribution in [1.82, 2.24) is 4.98 Å². The number of hydrogen-bond acceptors (Lipinski definition) is 3. The van der Waals surface area contributed by atoms with Crippen LogP contribution in [0.3, 0.4) is 0 Å². The van der Waals surface area contributed by atoms with Crippen molar-refractivity contribution in [1.29, 1.82) is 0 Å². The highest BCUT2D eigenvalue weighted by Crippen LogP contribution is 2.34. The Hall–Kier alpha value is -3.07. The van der Waals surface area contributed by atoms with Gasteiger partial charge in [-0.05, 0) is 81.5 Å². The summed E-state index contributed by atoms with van der Waals surface area (Å²) in [5, 5.41) is 0. The lowest BCUT2D eigenvalue weighted by molar-refractivity contribution is 0.0723. The van der Waals surface area contributed by atoms with Crippen molar-refractivity contribution in [2.24, 2.45) is 5.41 Å². The number of ether oxygens (including phenoxy) is 1. The predicted octanol–water partition coefficient (Wildman–Crippen LogP) is 8.98. The van der Waals surface area contributed by atoms with E-state index in [9.17, 15) is 0 Å². The number of allylic oxidation sites excluding steroid dienone is 3. The van der Waals surface area contributed by atoms with Crippen molar-refractivity contribution in [3.8, 4) is 0 Å². The third kappa shape index (κ3) is 8.26. The van der Waals surface area contributed by atoms with Gasteiger partial charge in [0.05, 0.1) is 0 Å². The van der Waals surface area contributed by atoms with Gasteiger partial charge in [-0.1, -0.05) is 82.3 Å². The number of pyridine rings is 1. The van der Waals surface area contributed by atoms with E-state index < -0.39 is 5.60 Å². The Morgan fingerprint density at radius 3 is 2.25 bits per heavy atom. The summed E-state index contributed by atoms with van der Waals surface area (Å²) in [5.41, 5.74) is 5.16. The lowest BCUT2D eigenvalue weighted by atomic mass is 9.82. The first-order valence-corrected chi connectivity index (χ1v) is 13.0. The Morgan fingerprint density at radius 2 is 1.72 bits per heavy atom. The molecule has 1 aromatic carbocycles. The molecule has 1 heterocycles. The van der Waals surface area contributed by atoms with Crippen LogP contribution in [0.4, 0.5) is 5.82 Å². The van der Waals surface area contributed by atoms with Crippen molar-refractivity contribution in [3.05, 3.63) is 108 Å². The molecule has 2 aromatic rings. The molecular formula is C33H46N2O. The standard InChI is InChI=1S/C33H46N2O/c1-11-15-29(30(12-2)36-33(9,10)25(3)4)22-27(6)32(7,8)24-35(31-16-13-14-21-34-31)23-28-19-17-26(5)18-20-28/h12-14,16-22H,3,6,11,15,23-24H2,1-2,4-5,7-10H3/b29-22-,30-12+. The Labute approximate surface area is 220 Å². The quantitative estimate of drug-likeness (QED) is 0.160. The molecule has 0 N–H and O–H groups in total. The van der Waals surface area contributed by atoms with Crippen LogP contribution in [0.2, 0.25) is 0 Å². The largest absolute Gasteiger partial charge is 0.484 e. The van der Waals surface area contributed by atoms with Gasteiger partial charge in [0, 0.05) is 24.7 Å². The van der Waals surface area contributed by atoms with Crippen LogP contribution in [0, 0.1) is 12.3 Å². The van der Waals surface area contributed by atoms with E-state index in [4.69, 9.17) is 4.74 Å². The SMILES string of the molecule is C=C(/C=C(CCC)\C(=C/C)OC(C)(C)C(=C)C)C(C)(C)CN(Cc1ccc(C)cc1)c1ccccn1. The Bertz CT molecular complexity index is 1070. The molecule has 0 saturated heterocycles. The lowest BCUT2D eigenvalue weighted by Gasteiger charge is -2.35. The number of benzene rings is 1. The van der Waals surface area contributed by atoms with Gasteiger partial charge >= 0.3 is 0 Å². The number of rotatable bonds is 13. The highest BCUT2D eigenvalue weighted by molar-refractivity contribution is 5.42. The molecule has 2 rings (SSSR count). The highest BCUT2D eigenvalue weighted by Gasteiger charge is 2.27. The average molecular weight is 487 g/mol. The fraction of sp³-hybridized carbons (Fsp3) is 0.424. The van der Waals surface area contributed by atoms with Crippen LogP contribution >= 0.6 is 0 Å². The molecule has 0 amide bonds. The van der Waals surface area contributed by atoms with E-state index in [2.05, 4.69) is 107 Å². The minimum Gasteiger partial charge on any atom is -0.484 e. The van der Waals surface area contributed by atoms with Crippen LogP contribution in [0.1, 0.15) is 72.4 Å². The summed E-state index contributed by atoms with van der Waals surface area (Å²) < 4.78 is 6.45. The average Bonchev–Trinajstić information content (AvgIpc) is 2.83. The third-order valence-electron chi connectivity index (χ3n) is 6.76. The van der Waals surface area contributed by atoms with Crippen molar-refractivity contribution < 1.29 is 4.74 Å². The van der Waals surface area contributed by atoms with Gasteiger partial charge in [0.2, 0.25) is 0 Å². The molecule has 3 heteroatoms. The van der Waals surface area contributed by atoms with E-state index in [1.165, 1.54) is 16.7 Å². The maximum atomic E-state index is 6.45. The molecule has 0 aliphatic heterocycles. The van der Waals surface area contributed by atoms with Crippen molar-refractivity contribution in [2.45, 2.75) is 80.4 Å². The van der Waals surface area contributed by atoms with E-state index in [1.807, 2.05) is 32.2 Å². The number of aromatic nitrogens is 1. The van der Waals surface area contributed by atoms with Crippen LogP contribution in [0.5, 0.6) is 0 Å². The molecule has 3 nitrogen and oxygen atoms in total. The molecule has 0 bridgehead atoms. The molecule has 36 heavy (non-hydrogen) atoms. The highest BCUT2D eigenvalue weighted by atomic mass is 16.5. The zero-order valence-electron chi connectivity index (χ0n) is 23.8. The van der Waals surface area contributed by atoms with Crippen LogP contribution in [-0.2, 0) is 11.3 Å². The van der Waals surface area contributed by atoms with Gasteiger partial charge in [0.25, 0.3) is 0 Å². The summed E-state index contributed by atoms with van der Waals surface area (Å²) >= 11 is 0. The number of anilines is 1. The predicted molar refractivity (Wildman–Crippen MR) is 156 cm³/mol. The number of hydrogen-bond donors (Lipinski definition) is 0. The van der Waals surface area contributed by atoms with Gasteiger partial charge in [0.15, 0.2) is 0 Å². The first-order valence-electron chi connectivity index (χ1n) is 13.0. The molecule has 0 spiro atoms. The smallest absolute Gasteiger partial charge is 0.128 e. The van der Waals surface area contributed by atoms with Gasteiger partial charge in [-0.2, -0.15) is 0 Å². The topological polar surface area (TPSA) is 25.4 Å². The molecule has 1 aromatic heterocycles. The maximum Gasteiger partial charge on any atom is 0.128 e. The van der Waals surface area contributed by atoms with Crippen molar-refractivity contribution in [2.75, 3.05) is 11.4 Å². The first kappa shape index (κ1) is 29.2. The van der Waals surface area contributed by atoms with Gasteiger partial charge < -0.3 is 9.64 Å². The zero-order valence-corrected chi connectivity index (χ0v) is 23.8. The first-order chi connectivity index (χ1) is 16.9. The summed E-state index contributed by atoms with van der Waals surface area (Å²) in [6.45, 7) is 27.2. The second kappa shape index (κ2) is 12.8. The monoisotopic (exact) mass is 486 g/mol. The second-order valence-corrected chi connectivity index (χ2v) is 10.9. The summed E-state index contributed by atoms with van der Waals surface area (Å²) in [5.74, 6) is 1.88. The van der Waals surface area contributed by atoms with Crippen molar-refractivity contribution >= 4 is 5.82 Å². The molecule has 0 atom stereocenters. The maximum absolute atomic E-state index is 6.45. The zero-order chi connectivity index (χ0) is 26.9. The summed E-state index contributed by atoms with van der Waals surface area (Å²) in [6.07, 6.45) is 8.10. The summed E-state index contributed by atoms with van der Waals surface area (Å²) in [4.78, 5) is 7.02. The number of nitrogens with zero attached hydrogens (tertiary/aromatic N) is 2. The van der Waals surface area contributed by atoms with Crippen LogP contribution in [0.25, 0.3) is 0 Å². The molecule has 0 fully saturated rings. The van der Waals surface area contributed by atoms with Gasteiger partial charge in [-0.15, -0.1) is 0 Å². The van der Waals surface area contributed by atoms with Gasteiger partial charge in [0.1, 0.15) is 17.2 Å². The molecule has 0 saturated carbocycles. The van der Waals surface area contributed by atoms with Crippen LogP contribution in [-0.4, -0.2) is 17.1 Å².